The summed E-state index contributed by atoms with van der Waals surface area (Å²) in [6.07, 6.45) is -0.925. The number of carbonyl (C=O) groups excluding carboxylic acids is 1. The van der Waals surface area contributed by atoms with Crippen molar-refractivity contribution in [1.82, 2.24) is 0 Å². The molecule has 0 aliphatic carbocycles. The maximum Gasteiger partial charge on any atom is 0.309 e. The topological polar surface area (TPSA) is 46.5 Å². The lowest BCUT2D eigenvalue weighted by atomic mass is 10.3. The summed E-state index contributed by atoms with van der Waals surface area (Å²) in [4.78, 5) is 10.9. The largest absolute Gasteiger partial charge is 0.466 e. The predicted molar refractivity (Wildman–Crippen MR) is 58.4 cm³/mol. The Kier molecular flexibility index (Phi) is 5.51. The van der Waals surface area contributed by atoms with Crippen LogP contribution in [0.25, 0.3) is 0 Å². The van der Waals surface area contributed by atoms with Crippen LogP contribution in [0.1, 0.15) is 13.3 Å². The summed E-state index contributed by atoms with van der Waals surface area (Å²) in [7, 11) is -1.46. The van der Waals surface area contributed by atoms with Crippen molar-refractivity contribution < 1.29 is 14.6 Å². The summed E-state index contributed by atoms with van der Waals surface area (Å²) >= 11 is 0. The first-order chi connectivity index (χ1) is 6.35. The summed E-state index contributed by atoms with van der Waals surface area (Å²) in [5.41, 5.74) is 3.00. The molecule has 3 nitrogen and oxygen atoms in total. The Hall–Kier alpha value is -0.793. The van der Waals surface area contributed by atoms with Crippen molar-refractivity contribution in [3.05, 3.63) is 0 Å². The van der Waals surface area contributed by atoms with Crippen LogP contribution in [0.2, 0.25) is 19.6 Å². The fourth-order valence-corrected chi connectivity index (χ4v) is 1.33. The lowest BCUT2D eigenvalue weighted by molar-refractivity contribution is -0.144. The van der Waals surface area contributed by atoms with Gasteiger partial charge in [-0.15, -0.1) is 5.54 Å². The minimum atomic E-state index is -1.46. The minimum Gasteiger partial charge on any atom is -0.466 e. The van der Waals surface area contributed by atoms with Crippen LogP contribution in [-0.2, 0) is 9.53 Å². The molecule has 80 valence electrons. The van der Waals surface area contributed by atoms with Crippen LogP contribution in [-0.4, -0.2) is 31.9 Å². The molecular formula is C10H18O3Si. The highest BCUT2D eigenvalue weighted by atomic mass is 28.3. The Balaban J connectivity index is 4.02. The molecular weight excluding hydrogens is 196 g/mol. The number of aliphatic hydroxyl groups is 1. The van der Waals surface area contributed by atoms with Gasteiger partial charge < -0.3 is 9.84 Å². The Labute approximate surface area is 86.5 Å². The molecule has 0 aliphatic heterocycles. The van der Waals surface area contributed by atoms with E-state index in [9.17, 15) is 9.90 Å². The van der Waals surface area contributed by atoms with E-state index in [1.165, 1.54) is 0 Å². The van der Waals surface area contributed by atoms with Gasteiger partial charge in [0.25, 0.3) is 0 Å². The molecule has 0 aromatic heterocycles. The number of carbonyl (C=O) groups is 1. The fourth-order valence-electron chi connectivity index (χ4n) is 0.729. The smallest absolute Gasteiger partial charge is 0.309 e. The first kappa shape index (κ1) is 13.2. The fraction of sp³-hybridized carbons (Fsp3) is 0.700. The van der Waals surface area contributed by atoms with Crippen molar-refractivity contribution in [1.29, 1.82) is 0 Å². The van der Waals surface area contributed by atoms with Crippen LogP contribution in [0, 0.1) is 11.5 Å². The number of rotatable bonds is 3. The van der Waals surface area contributed by atoms with Gasteiger partial charge in [-0.1, -0.05) is 25.6 Å². The van der Waals surface area contributed by atoms with Crippen molar-refractivity contribution in [3.8, 4) is 11.5 Å². The molecule has 0 aliphatic rings. The Bertz CT molecular complexity index is 244. The van der Waals surface area contributed by atoms with Crippen LogP contribution in [0.5, 0.6) is 0 Å². The van der Waals surface area contributed by atoms with E-state index in [1.807, 2.05) is 0 Å². The lowest BCUT2D eigenvalue weighted by Gasteiger charge is -2.06. The van der Waals surface area contributed by atoms with Gasteiger partial charge in [0.1, 0.15) is 14.2 Å². The maximum absolute atomic E-state index is 10.9. The third-order valence-electron chi connectivity index (χ3n) is 1.28. The molecule has 0 amide bonds. The van der Waals surface area contributed by atoms with E-state index in [2.05, 4.69) is 35.8 Å². The third-order valence-corrected chi connectivity index (χ3v) is 2.17. The molecule has 1 atom stereocenters. The zero-order chi connectivity index (χ0) is 11.2. The zero-order valence-corrected chi connectivity index (χ0v) is 10.3. The van der Waals surface area contributed by atoms with Crippen LogP contribution in [0.4, 0.5) is 0 Å². The van der Waals surface area contributed by atoms with Crippen molar-refractivity contribution >= 4 is 14.0 Å². The Morgan fingerprint density at radius 2 is 2.07 bits per heavy atom. The molecule has 0 aromatic carbocycles. The second kappa shape index (κ2) is 5.84. The predicted octanol–water partition coefficient (Wildman–Crippen LogP) is 1.18. The first-order valence-electron chi connectivity index (χ1n) is 4.71. The standard InChI is InChI=1S/C10H18O3Si/c1-5-13-10(12)8-9(11)6-7-14(2,3)4/h9,11H,5,8H2,1-4H3. The monoisotopic (exact) mass is 214 g/mol. The van der Waals surface area contributed by atoms with E-state index in [1.54, 1.807) is 6.92 Å². The lowest BCUT2D eigenvalue weighted by Crippen LogP contribution is -2.19. The summed E-state index contributed by atoms with van der Waals surface area (Å²) in [5.74, 6) is 2.28. The molecule has 0 spiro atoms. The van der Waals surface area contributed by atoms with Crippen LogP contribution < -0.4 is 0 Å². The van der Waals surface area contributed by atoms with Gasteiger partial charge in [-0.3, -0.25) is 4.79 Å². The normalized spacial score (nSPS) is 12.6. The molecule has 1 unspecified atom stereocenters. The van der Waals surface area contributed by atoms with Crippen LogP contribution >= 0.6 is 0 Å². The van der Waals surface area contributed by atoms with Crippen molar-refractivity contribution in [2.75, 3.05) is 6.61 Å². The van der Waals surface area contributed by atoms with Gasteiger partial charge in [-0.2, -0.15) is 0 Å². The molecule has 0 saturated carbocycles. The first-order valence-corrected chi connectivity index (χ1v) is 8.21. The van der Waals surface area contributed by atoms with Crippen LogP contribution in [0.15, 0.2) is 0 Å². The van der Waals surface area contributed by atoms with Gasteiger partial charge in [0.15, 0.2) is 0 Å². The summed E-state index contributed by atoms with van der Waals surface area (Å²) in [5, 5.41) is 9.36. The van der Waals surface area contributed by atoms with Crippen molar-refractivity contribution in [3.63, 3.8) is 0 Å². The molecule has 1 N–H and O–H groups in total. The SMILES string of the molecule is CCOC(=O)CC(O)C#C[Si](C)(C)C. The average molecular weight is 214 g/mol. The van der Waals surface area contributed by atoms with E-state index in [4.69, 9.17) is 0 Å². The quantitative estimate of drug-likeness (QED) is 0.436. The summed E-state index contributed by atoms with van der Waals surface area (Å²) in [6.45, 7) is 8.32. The highest BCUT2D eigenvalue weighted by Gasteiger charge is 2.11. The van der Waals surface area contributed by atoms with Gasteiger partial charge in [0.2, 0.25) is 0 Å². The highest BCUT2D eigenvalue weighted by molar-refractivity contribution is 6.83. The number of hydrogen-bond acceptors (Lipinski definition) is 3. The molecule has 0 aromatic rings. The van der Waals surface area contributed by atoms with Gasteiger partial charge in [-0.05, 0) is 6.92 Å². The third kappa shape index (κ3) is 7.84. The van der Waals surface area contributed by atoms with Crippen LogP contribution in [0.3, 0.4) is 0 Å². The molecule has 0 rings (SSSR count). The minimum absolute atomic E-state index is 0.0364. The van der Waals surface area contributed by atoms with E-state index in [-0.39, 0.29) is 6.42 Å². The number of ether oxygens (including phenoxy) is 1. The molecule has 0 bridgehead atoms. The van der Waals surface area contributed by atoms with E-state index in [0.717, 1.165) is 0 Å². The number of hydrogen-bond donors (Lipinski definition) is 1. The maximum atomic E-state index is 10.9. The summed E-state index contributed by atoms with van der Waals surface area (Å²) in [6, 6.07) is 0. The van der Waals surface area contributed by atoms with Gasteiger partial charge in [-0.25, -0.2) is 0 Å². The van der Waals surface area contributed by atoms with Gasteiger partial charge in [0.05, 0.1) is 13.0 Å². The van der Waals surface area contributed by atoms with Gasteiger partial charge in [0, 0.05) is 0 Å². The molecule has 4 heteroatoms. The van der Waals surface area contributed by atoms with Crippen molar-refractivity contribution in [2.24, 2.45) is 0 Å². The van der Waals surface area contributed by atoms with Crippen molar-refractivity contribution in [2.45, 2.75) is 39.1 Å². The molecule has 0 saturated heterocycles. The molecule has 14 heavy (non-hydrogen) atoms. The molecule has 0 fully saturated rings. The molecule has 0 heterocycles. The van der Waals surface area contributed by atoms with E-state index < -0.39 is 20.1 Å². The Morgan fingerprint density at radius 1 is 1.50 bits per heavy atom. The number of esters is 1. The number of aliphatic hydroxyl groups excluding tert-OH is 1. The summed E-state index contributed by atoms with van der Waals surface area (Å²) < 4.78 is 4.69. The van der Waals surface area contributed by atoms with E-state index >= 15 is 0 Å². The molecule has 0 radical (unpaired) electrons. The van der Waals surface area contributed by atoms with E-state index in [0.29, 0.717) is 6.61 Å². The van der Waals surface area contributed by atoms with Gasteiger partial charge >= 0.3 is 5.97 Å². The second-order valence-electron chi connectivity index (χ2n) is 4.04. The zero-order valence-electron chi connectivity index (χ0n) is 9.26. The average Bonchev–Trinajstić information content (AvgIpc) is 2.00. The second-order valence-corrected chi connectivity index (χ2v) is 8.79. The Morgan fingerprint density at radius 3 is 2.50 bits per heavy atom. The highest BCUT2D eigenvalue weighted by Crippen LogP contribution is 1.98.